The molecule has 1 aliphatic heterocycles. The Kier molecular flexibility index (Phi) is 9.27. The van der Waals surface area contributed by atoms with Gasteiger partial charge >= 0.3 is 0 Å². The lowest BCUT2D eigenvalue weighted by Crippen LogP contribution is -2.56. The number of ether oxygens (including phenoxy) is 3. The van der Waals surface area contributed by atoms with Crippen molar-refractivity contribution < 1.29 is 23.7 Å². The lowest BCUT2D eigenvalue weighted by molar-refractivity contribution is -0.206. The molecule has 0 aliphatic carbocycles. The predicted molar refractivity (Wildman–Crippen MR) is 134 cm³/mol. The number of rotatable bonds is 10. The van der Waals surface area contributed by atoms with E-state index in [1.807, 2.05) is 48.5 Å². The normalized spacial score (nSPS) is 24.1. The van der Waals surface area contributed by atoms with E-state index >= 15 is 0 Å². The van der Waals surface area contributed by atoms with Gasteiger partial charge in [0, 0.05) is 6.42 Å². The summed E-state index contributed by atoms with van der Waals surface area (Å²) in [7, 11) is -2.04. The summed E-state index contributed by atoms with van der Waals surface area (Å²) in [6.07, 6.45) is -0.375. The molecule has 1 N–H and O–H groups in total. The Morgan fingerprint density at radius 2 is 1.45 bits per heavy atom. The SMILES string of the molecule is CC(C)(C)[Si](C)(C)O[C@@H]1C[C@H](OCc2ccccc2)[C@@H](COCc2ccccc2)O[C@H]1CO. The number of aliphatic hydroxyl groups excluding tert-OH is 1. The maximum absolute atomic E-state index is 10.1. The van der Waals surface area contributed by atoms with Gasteiger partial charge in [-0.15, -0.1) is 0 Å². The van der Waals surface area contributed by atoms with Gasteiger partial charge in [-0.05, 0) is 29.3 Å². The van der Waals surface area contributed by atoms with Crippen molar-refractivity contribution >= 4 is 8.32 Å². The van der Waals surface area contributed by atoms with Crippen molar-refractivity contribution in [2.45, 2.75) is 83.0 Å². The number of benzene rings is 2. The molecule has 1 fully saturated rings. The number of aliphatic hydroxyl groups is 1. The number of hydrogen-bond donors (Lipinski definition) is 1. The van der Waals surface area contributed by atoms with Gasteiger partial charge in [-0.2, -0.15) is 0 Å². The Morgan fingerprint density at radius 3 is 2.00 bits per heavy atom. The van der Waals surface area contributed by atoms with Crippen LogP contribution in [0.5, 0.6) is 0 Å². The smallest absolute Gasteiger partial charge is 0.192 e. The first-order valence-corrected chi connectivity index (χ1v) is 14.8. The Balaban J connectivity index is 1.69. The second-order valence-corrected chi connectivity index (χ2v) is 15.1. The van der Waals surface area contributed by atoms with E-state index < -0.39 is 8.32 Å². The summed E-state index contributed by atoms with van der Waals surface area (Å²) in [5, 5.41) is 10.2. The molecular formula is C27H40O5Si. The van der Waals surface area contributed by atoms with Gasteiger partial charge in [0.15, 0.2) is 8.32 Å². The van der Waals surface area contributed by atoms with Gasteiger partial charge in [0.2, 0.25) is 0 Å². The number of hydrogen-bond acceptors (Lipinski definition) is 5. The molecule has 5 nitrogen and oxygen atoms in total. The van der Waals surface area contributed by atoms with E-state index in [2.05, 4.69) is 46.0 Å². The zero-order valence-electron chi connectivity index (χ0n) is 20.7. The Bertz CT molecular complexity index is 821. The average Bonchev–Trinajstić information content (AvgIpc) is 2.79. The average molecular weight is 473 g/mol. The fourth-order valence-electron chi connectivity index (χ4n) is 3.74. The third-order valence-electron chi connectivity index (χ3n) is 6.78. The van der Waals surface area contributed by atoms with Gasteiger partial charge in [0.05, 0.1) is 38.6 Å². The molecule has 1 saturated heterocycles. The Morgan fingerprint density at radius 1 is 0.879 bits per heavy atom. The first kappa shape index (κ1) is 26.1. The monoisotopic (exact) mass is 472 g/mol. The van der Waals surface area contributed by atoms with E-state index in [0.717, 1.165) is 11.1 Å². The molecule has 0 unspecified atom stereocenters. The van der Waals surface area contributed by atoms with Crippen molar-refractivity contribution in [1.29, 1.82) is 0 Å². The second-order valence-electron chi connectivity index (χ2n) is 10.4. The predicted octanol–water partition coefficient (Wildman–Crippen LogP) is 5.33. The zero-order valence-corrected chi connectivity index (χ0v) is 21.7. The second kappa shape index (κ2) is 11.7. The molecule has 1 heterocycles. The van der Waals surface area contributed by atoms with Gasteiger partial charge in [-0.1, -0.05) is 81.4 Å². The van der Waals surface area contributed by atoms with E-state index in [4.69, 9.17) is 18.6 Å². The summed E-state index contributed by atoms with van der Waals surface area (Å²) in [5.74, 6) is 0. The van der Waals surface area contributed by atoms with Gasteiger partial charge in [0.1, 0.15) is 12.2 Å². The van der Waals surface area contributed by atoms with Crippen LogP contribution in [0.15, 0.2) is 60.7 Å². The maximum atomic E-state index is 10.1. The molecule has 33 heavy (non-hydrogen) atoms. The lowest BCUT2D eigenvalue weighted by atomic mass is 9.98. The molecule has 1 aliphatic rings. The molecule has 2 aromatic carbocycles. The highest BCUT2D eigenvalue weighted by atomic mass is 28.4. The zero-order chi connectivity index (χ0) is 23.9. The minimum atomic E-state index is -2.04. The fraction of sp³-hybridized carbons (Fsp3) is 0.556. The first-order chi connectivity index (χ1) is 15.7. The third kappa shape index (κ3) is 7.47. The summed E-state index contributed by atoms with van der Waals surface area (Å²) in [6, 6.07) is 20.3. The minimum absolute atomic E-state index is 0.0725. The van der Waals surface area contributed by atoms with Crippen LogP contribution in [0.4, 0.5) is 0 Å². The largest absolute Gasteiger partial charge is 0.411 e. The van der Waals surface area contributed by atoms with Crippen LogP contribution in [0, 0.1) is 0 Å². The minimum Gasteiger partial charge on any atom is -0.411 e. The highest BCUT2D eigenvalue weighted by Gasteiger charge is 2.45. The molecule has 182 valence electrons. The van der Waals surface area contributed by atoms with E-state index in [0.29, 0.717) is 26.2 Å². The van der Waals surface area contributed by atoms with E-state index in [1.54, 1.807) is 0 Å². The molecule has 0 saturated carbocycles. The van der Waals surface area contributed by atoms with E-state index in [1.165, 1.54) is 0 Å². The van der Waals surface area contributed by atoms with Gasteiger partial charge in [-0.3, -0.25) is 0 Å². The summed E-state index contributed by atoms with van der Waals surface area (Å²) < 4.78 is 25.4. The van der Waals surface area contributed by atoms with Gasteiger partial charge in [0.25, 0.3) is 0 Å². The highest BCUT2D eigenvalue weighted by molar-refractivity contribution is 6.74. The Hall–Kier alpha value is -1.54. The molecule has 0 amide bonds. The molecule has 0 aromatic heterocycles. The fourth-order valence-corrected chi connectivity index (χ4v) is 5.10. The van der Waals surface area contributed by atoms with Gasteiger partial charge in [-0.25, -0.2) is 0 Å². The van der Waals surface area contributed by atoms with Crippen LogP contribution in [0.1, 0.15) is 38.3 Å². The van der Waals surface area contributed by atoms with E-state index in [9.17, 15) is 5.11 Å². The van der Waals surface area contributed by atoms with Crippen LogP contribution >= 0.6 is 0 Å². The quantitative estimate of drug-likeness (QED) is 0.474. The van der Waals surface area contributed by atoms with Crippen molar-refractivity contribution in [2.75, 3.05) is 13.2 Å². The molecule has 3 rings (SSSR count). The van der Waals surface area contributed by atoms with Gasteiger partial charge < -0.3 is 23.7 Å². The summed E-state index contributed by atoms with van der Waals surface area (Å²) >= 11 is 0. The summed E-state index contributed by atoms with van der Waals surface area (Å²) in [6.45, 7) is 12.5. The molecule has 4 atom stereocenters. The van der Waals surface area contributed by atoms with Crippen LogP contribution in [-0.4, -0.2) is 51.1 Å². The topological polar surface area (TPSA) is 57.2 Å². The van der Waals surface area contributed by atoms with Crippen LogP contribution in [0.25, 0.3) is 0 Å². The van der Waals surface area contributed by atoms with Crippen molar-refractivity contribution in [3.05, 3.63) is 71.8 Å². The van der Waals surface area contributed by atoms with Crippen molar-refractivity contribution in [2.24, 2.45) is 0 Å². The summed E-state index contributed by atoms with van der Waals surface area (Å²) in [5.41, 5.74) is 2.24. The molecule has 2 aromatic rings. The van der Waals surface area contributed by atoms with Crippen LogP contribution in [0.2, 0.25) is 18.1 Å². The third-order valence-corrected chi connectivity index (χ3v) is 11.3. The van der Waals surface area contributed by atoms with Crippen LogP contribution in [0.3, 0.4) is 0 Å². The Labute approximate surface area is 200 Å². The van der Waals surface area contributed by atoms with Crippen LogP contribution in [-0.2, 0) is 31.9 Å². The van der Waals surface area contributed by atoms with Crippen molar-refractivity contribution in [3.8, 4) is 0 Å². The van der Waals surface area contributed by atoms with E-state index in [-0.39, 0.29) is 36.1 Å². The highest BCUT2D eigenvalue weighted by Crippen LogP contribution is 2.39. The van der Waals surface area contributed by atoms with Crippen molar-refractivity contribution in [1.82, 2.24) is 0 Å². The lowest BCUT2D eigenvalue weighted by Gasteiger charge is -2.46. The molecule has 0 radical (unpaired) electrons. The molecule has 0 bridgehead atoms. The molecule has 6 heteroatoms. The maximum Gasteiger partial charge on any atom is 0.192 e. The first-order valence-electron chi connectivity index (χ1n) is 11.9. The van der Waals surface area contributed by atoms with Crippen molar-refractivity contribution in [3.63, 3.8) is 0 Å². The summed E-state index contributed by atoms with van der Waals surface area (Å²) in [4.78, 5) is 0. The molecule has 0 spiro atoms. The molecular weight excluding hydrogens is 432 g/mol. The van der Waals surface area contributed by atoms with Crippen LogP contribution < -0.4 is 0 Å². The standard InChI is InChI=1S/C27H40O5Si/c1-27(2,3)33(4,5)32-24-16-23(30-19-22-14-10-7-11-15-22)26(31-25(24)17-28)20-29-18-21-12-8-6-9-13-21/h6-15,23-26,28H,16-20H2,1-5H3/t23-,24+,25-,26+/m0/s1.